The molecule has 0 aliphatic heterocycles. The Bertz CT molecular complexity index is 1980. The third-order valence-electron chi connectivity index (χ3n) is 6.70. The number of allylic oxidation sites excluding steroid dienone is 1. The molecule has 3 aromatic rings. The average molecular weight is 722 g/mol. The van der Waals surface area contributed by atoms with Crippen LogP contribution in [0.4, 0.5) is 4.79 Å². The summed E-state index contributed by atoms with van der Waals surface area (Å²) in [5.41, 5.74) is 1.37. The summed E-state index contributed by atoms with van der Waals surface area (Å²) >= 11 is 0. The van der Waals surface area contributed by atoms with Gasteiger partial charge in [0.2, 0.25) is 17.7 Å². The van der Waals surface area contributed by atoms with Crippen molar-refractivity contribution < 1.29 is 52.1 Å². The molecule has 0 fully saturated rings. The number of rotatable bonds is 17. The largest absolute Gasteiger partial charge is 0.481 e. The van der Waals surface area contributed by atoms with Crippen molar-refractivity contribution in [1.82, 2.24) is 26.3 Å². The number of fused-ring (bicyclic) bond motifs is 1. The predicted molar refractivity (Wildman–Crippen MR) is 183 cm³/mol. The molecule has 1 aromatic heterocycles. The quantitative estimate of drug-likeness (QED) is 0.0657. The molecule has 268 valence electrons. The van der Waals surface area contributed by atoms with Gasteiger partial charge in [-0.3, -0.25) is 24.2 Å². The van der Waals surface area contributed by atoms with Crippen LogP contribution in [0, 0.1) is 0 Å². The zero-order valence-electron chi connectivity index (χ0n) is 27.2. The Hall–Kier alpha value is -6.36. The van der Waals surface area contributed by atoms with Gasteiger partial charge in [-0.15, -0.1) is 0 Å². The van der Waals surface area contributed by atoms with Crippen LogP contribution in [-0.4, -0.2) is 84.3 Å². The number of benzene rings is 2. The maximum Gasteiger partial charge on any atom is 0.408 e. The zero-order valence-corrected chi connectivity index (χ0v) is 28.0. The fourth-order valence-corrected chi connectivity index (χ4v) is 4.75. The lowest BCUT2D eigenvalue weighted by Crippen LogP contribution is -2.55. The third kappa shape index (κ3) is 14.0. The van der Waals surface area contributed by atoms with Crippen molar-refractivity contribution >= 4 is 56.5 Å². The first-order chi connectivity index (χ1) is 24.1. The minimum atomic E-state index is -3.69. The molecule has 0 aliphatic carbocycles. The van der Waals surface area contributed by atoms with Gasteiger partial charge >= 0.3 is 18.0 Å². The van der Waals surface area contributed by atoms with Crippen molar-refractivity contribution in [2.75, 3.05) is 12.8 Å². The number of nitrogens with one attached hydrogen (secondary N) is 4. The summed E-state index contributed by atoms with van der Waals surface area (Å²) in [6.07, 6.45) is 0.165. The molecule has 2 aromatic carbocycles. The van der Waals surface area contributed by atoms with Gasteiger partial charge in [0.05, 0.1) is 18.5 Å². The van der Waals surface area contributed by atoms with Crippen LogP contribution in [0.1, 0.15) is 17.7 Å². The first-order valence-electron chi connectivity index (χ1n) is 15.0. The van der Waals surface area contributed by atoms with Crippen LogP contribution in [0.25, 0.3) is 10.9 Å². The molecule has 6 N–H and O–H groups in total. The number of para-hydroxylation sites is 1. The molecule has 0 spiro atoms. The van der Waals surface area contributed by atoms with E-state index < -0.39 is 76.3 Å². The van der Waals surface area contributed by atoms with E-state index in [2.05, 4.69) is 32.8 Å². The Morgan fingerprint density at radius 3 is 2.27 bits per heavy atom. The van der Waals surface area contributed by atoms with E-state index in [1.54, 1.807) is 54.6 Å². The molecule has 0 radical (unpaired) electrons. The fraction of sp³-hybridized carbons (Fsp3) is 0.206. The van der Waals surface area contributed by atoms with Crippen molar-refractivity contribution in [3.63, 3.8) is 0 Å². The molecular formula is C34H35N5O11S. The summed E-state index contributed by atoms with van der Waals surface area (Å²) in [7, 11) is -3.69. The number of carbonyl (C=O) groups is 6. The summed E-state index contributed by atoms with van der Waals surface area (Å²) in [6.45, 7) is 2.96. The Labute approximate surface area is 292 Å². The number of carbonyl (C=O) groups excluding carboxylic acids is 4. The third-order valence-corrected chi connectivity index (χ3v) is 7.33. The molecule has 0 aliphatic rings. The van der Waals surface area contributed by atoms with Gasteiger partial charge in [-0.2, -0.15) is 0 Å². The highest BCUT2D eigenvalue weighted by atomic mass is 32.2. The Balaban J connectivity index is 1.80. The number of alkyl carbamates (subject to hydrolysis) is 1. The number of hydrogen-bond acceptors (Lipinski definition) is 10. The molecule has 0 saturated carbocycles. The van der Waals surface area contributed by atoms with Gasteiger partial charge in [-0.05, 0) is 29.3 Å². The van der Waals surface area contributed by atoms with Crippen molar-refractivity contribution in [3.8, 4) is 0 Å². The first-order valence-corrected chi connectivity index (χ1v) is 17.0. The van der Waals surface area contributed by atoms with Crippen LogP contribution in [0.15, 0.2) is 102 Å². The van der Waals surface area contributed by atoms with Gasteiger partial charge in [0.25, 0.3) is 0 Å². The smallest absolute Gasteiger partial charge is 0.408 e. The van der Waals surface area contributed by atoms with Crippen molar-refractivity contribution in [2.45, 2.75) is 31.5 Å². The summed E-state index contributed by atoms with van der Waals surface area (Å²) < 4.78 is 28.0. The molecule has 17 heteroatoms. The van der Waals surface area contributed by atoms with E-state index in [-0.39, 0.29) is 18.6 Å². The monoisotopic (exact) mass is 721 g/mol. The molecule has 51 heavy (non-hydrogen) atoms. The molecule has 0 bridgehead atoms. The number of carboxylic acid groups (broad SMARTS) is 2. The number of hydrogen-bond donors (Lipinski definition) is 6. The molecule has 0 saturated heterocycles. The Kier molecular flexibility index (Phi) is 14.1. The van der Waals surface area contributed by atoms with Crippen LogP contribution >= 0.6 is 0 Å². The number of sulfone groups is 1. The minimum Gasteiger partial charge on any atom is -0.481 e. The van der Waals surface area contributed by atoms with Crippen LogP contribution in [0.5, 0.6) is 0 Å². The van der Waals surface area contributed by atoms with Crippen LogP contribution in [0.3, 0.4) is 0 Å². The number of aliphatic carboxylic acids is 2. The number of nitrogens with zero attached hydrogens (tertiary/aromatic N) is 1. The van der Waals surface area contributed by atoms with Gasteiger partial charge in [0.15, 0.2) is 9.84 Å². The van der Waals surface area contributed by atoms with Crippen molar-refractivity contribution in [3.05, 3.63) is 113 Å². The number of pyridine rings is 1. The van der Waals surface area contributed by atoms with E-state index in [1.165, 1.54) is 0 Å². The van der Waals surface area contributed by atoms with Gasteiger partial charge in [0, 0.05) is 40.9 Å². The average Bonchev–Trinajstić information content (AvgIpc) is 3.06. The van der Waals surface area contributed by atoms with E-state index in [9.17, 15) is 42.3 Å². The van der Waals surface area contributed by atoms with E-state index in [0.29, 0.717) is 28.3 Å². The second-order valence-corrected chi connectivity index (χ2v) is 12.9. The van der Waals surface area contributed by atoms with E-state index in [4.69, 9.17) is 9.84 Å². The van der Waals surface area contributed by atoms with Crippen molar-refractivity contribution in [2.24, 2.45) is 0 Å². The summed E-state index contributed by atoms with van der Waals surface area (Å²) in [5.74, 6) is -6.00. The van der Waals surface area contributed by atoms with E-state index >= 15 is 0 Å². The highest BCUT2D eigenvalue weighted by Gasteiger charge is 2.31. The molecule has 1 unspecified atom stereocenters. The predicted octanol–water partition coefficient (Wildman–Crippen LogP) is 1.35. The second kappa shape index (κ2) is 18.4. The Morgan fingerprint density at radius 2 is 1.61 bits per heavy atom. The van der Waals surface area contributed by atoms with Crippen LogP contribution in [-0.2, 0) is 51.6 Å². The lowest BCUT2D eigenvalue weighted by atomic mass is 10.0. The normalized spacial score (nSPS) is 12.7. The molecule has 16 nitrogen and oxygen atoms in total. The van der Waals surface area contributed by atoms with Gasteiger partial charge in [-0.1, -0.05) is 61.2 Å². The van der Waals surface area contributed by atoms with E-state index in [0.717, 1.165) is 17.7 Å². The first kappa shape index (κ1) is 39.1. The lowest BCUT2D eigenvalue weighted by Gasteiger charge is -2.24. The number of carboxylic acids is 2. The van der Waals surface area contributed by atoms with Gasteiger partial charge in [-0.25, -0.2) is 18.0 Å². The molecule has 2 atom stereocenters. The fourth-order valence-electron chi connectivity index (χ4n) is 4.36. The Morgan fingerprint density at radius 1 is 0.922 bits per heavy atom. The van der Waals surface area contributed by atoms with Crippen LogP contribution in [0.2, 0.25) is 0 Å². The van der Waals surface area contributed by atoms with Gasteiger partial charge in [0.1, 0.15) is 18.7 Å². The highest BCUT2D eigenvalue weighted by molar-refractivity contribution is 7.93. The molecule has 1 heterocycles. The topological polar surface area (TPSA) is 247 Å². The maximum absolute atomic E-state index is 13.5. The lowest BCUT2D eigenvalue weighted by molar-refractivity contribution is -0.140. The second-order valence-electron chi connectivity index (χ2n) is 11.0. The SMILES string of the molecule is C=C(Cc1ccc2ccccc2n1)C(NC(=O)[C@H](CC(=O)O)NC(=O)OCc1ccccc1)C(=O)NCC(=O)NC(/C=C/S(C)(=O)=O)=C/C(=O)O. The number of amides is 4. The summed E-state index contributed by atoms with van der Waals surface area (Å²) in [5, 5.41) is 29.0. The summed E-state index contributed by atoms with van der Waals surface area (Å²) in [4.78, 5) is 79.3. The number of aromatic nitrogens is 1. The van der Waals surface area contributed by atoms with E-state index in [1.807, 2.05) is 12.1 Å². The summed E-state index contributed by atoms with van der Waals surface area (Å²) in [6, 6.07) is 15.9. The number of ether oxygens (including phenoxy) is 1. The van der Waals surface area contributed by atoms with Crippen LogP contribution < -0.4 is 21.3 Å². The maximum atomic E-state index is 13.5. The molecule has 4 amide bonds. The molecule has 3 rings (SSSR count). The zero-order chi connectivity index (χ0) is 37.6. The molecular weight excluding hydrogens is 686 g/mol. The van der Waals surface area contributed by atoms with Crippen molar-refractivity contribution in [1.29, 1.82) is 0 Å². The standard InChI is InChI=1S/C34H35N5O11S/c1-21(16-24-13-12-23-10-6-7-11-26(23)36-24)31(33(46)35-19-28(40)37-25(17-29(41)42)14-15-51(2,48)49)39-32(45)27(18-30(43)44)38-34(47)50-20-22-8-4-3-5-9-22/h3-15,17,27,31H,1,16,18-20H2,2H3,(H,35,46)(H,37,40)(H,38,47)(H,39,45)(H,41,42)(H,43,44)/b15-14+,25-17+/t27-,31?/m0/s1. The minimum absolute atomic E-state index is 0.0622. The van der Waals surface area contributed by atoms with Gasteiger partial charge < -0.3 is 36.2 Å². The highest BCUT2D eigenvalue weighted by Crippen LogP contribution is 2.16.